The zero-order valence-electron chi connectivity index (χ0n) is 13.3. The van der Waals surface area contributed by atoms with Crippen LogP contribution < -0.4 is 11.1 Å². The van der Waals surface area contributed by atoms with Crippen LogP contribution in [-0.2, 0) is 4.74 Å². The van der Waals surface area contributed by atoms with Gasteiger partial charge in [-0.25, -0.2) is 0 Å². The van der Waals surface area contributed by atoms with Crippen LogP contribution in [0.25, 0.3) is 0 Å². The molecule has 1 aliphatic carbocycles. The predicted octanol–water partition coefficient (Wildman–Crippen LogP) is 4.02. The second kappa shape index (κ2) is 10.8. The maximum atomic E-state index is 5.92. The van der Waals surface area contributed by atoms with Gasteiger partial charge in [0.25, 0.3) is 0 Å². The van der Waals surface area contributed by atoms with E-state index in [1.807, 2.05) is 30.3 Å². The Bertz CT molecular complexity index is 433. The normalized spacial score (nSPS) is 17.0. The molecule has 1 atom stereocenters. The number of para-hydroxylation sites is 1. The predicted molar refractivity (Wildman–Crippen MR) is 104 cm³/mol. The lowest BCUT2D eigenvalue weighted by Gasteiger charge is -2.22. The molecule has 0 radical (unpaired) electrons. The number of halogens is 1. The lowest BCUT2D eigenvalue weighted by Crippen LogP contribution is -2.26. The lowest BCUT2D eigenvalue weighted by atomic mass is 9.98. The molecule has 124 valence electrons. The van der Waals surface area contributed by atoms with E-state index >= 15 is 0 Å². The quantitative estimate of drug-likeness (QED) is 0.400. The average Bonchev–Trinajstić information content (AvgIpc) is 3.01. The third-order valence-corrected chi connectivity index (χ3v) is 4.05. The largest absolute Gasteiger partial charge is 0.378 e. The van der Waals surface area contributed by atoms with Gasteiger partial charge in [-0.2, -0.15) is 0 Å². The lowest BCUT2D eigenvalue weighted by molar-refractivity contribution is 0.0178. The fraction of sp³-hybridized carbons (Fsp3) is 0.588. The van der Waals surface area contributed by atoms with E-state index < -0.39 is 0 Å². The van der Waals surface area contributed by atoms with Crippen molar-refractivity contribution < 1.29 is 4.74 Å². The number of benzene rings is 1. The van der Waals surface area contributed by atoms with Gasteiger partial charge in [0.2, 0.25) is 0 Å². The molecule has 4 nitrogen and oxygen atoms in total. The number of nitrogens with zero attached hydrogens (tertiary/aromatic N) is 1. The van der Waals surface area contributed by atoms with E-state index in [0.29, 0.717) is 24.5 Å². The van der Waals surface area contributed by atoms with Gasteiger partial charge < -0.3 is 15.8 Å². The van der Waals surface area contributed by atoms with E-state index in [0.717, 1.165) is 18.7 Å². The van der Waals surface area contributed by atoms with Gasteiger partial charge in [-0.05, 0) is 44.2 Å². The van der Waals surface area contributed by atoms with E-state index in [2.05, 4.69) is 17.2 Å². The molecule has 22 heavy (non-hydrogen) atoms. The molecule has 5 heteroatoms. The Hall–Kier alpha value is -0.820. The molecule has 0 aliphatic heterocycles. The van der Waals surface area contributed by atoms with Crippen molar-refractivity contribution in [1.29, 1.82) is 0 Å². The van der Waals surface area contributed by atoms with Crippen molar-refractivity contribution in [2.75, 3.05) is 18.5 Å². The summed E-state index contributed by atoms with van der Waals surface area (Å²) in [6.45, 7) is 3.56. The van der Waals surface area contributed by atoms with Gasteiger partial charge in [-0.3, -0.25) is 4.99 Å². The third-order valence-electron chi connectivity index (χ3n) is 4.05. The molecular formula is C17H28IN3O. The summed E-state index contributed by atoms with van der Waals surface area (Å²) in [5.41, 5.74) is 6.89. The van der Waals surface area contributed by atoms with Gasteiger partial charge in [0.05, 0.1) is 6.10 Å². The number of ether oxygens (including phenoxy) is 1. The fourth-order valence-corrected chi connectivity index (χ4v) is 3.02. The van der Waals surface area contributed by atoms with E-state index in [-0.39, 0.29) is 24.0 Å². The number of nitrogens with two attached hydrogens (primary N) is 1. The van der Waals surface area contributed by atoms with Crippen molar-refractivity contribution in [1.82, 2.24) is 0 Å². The summed E-state index contributed by atoms with van der Waals surface area (Å²) < 4.78 is 5.90. The zero-order valence-corrected chi connectivity index (χ0v) is 15.7. The maximum Gasteiger partial charge on any atom is 0.193 e. The van der Waals surface area contributed by atoms with E-state index in [1.165, 1.54) is 25.7 Å². The number of hydrogen-bond donors (Lipinski definition) is 2. The van der Waals surface area contributed by atoms with Crippen LogP contribution >= 0.6 is 24.0 Å². The molecule has 1 saturated carbocycles. The van der Waals surface area contributed by atoms with E-state index in [9.17, 15) is 0 Å². The molecule has 1 fully saturated rings. The van der Waals surface area contributed by atoms with E-state index in [1.54, 1.807) is 0 Å². The highest BCUT2D eigenvalue weighted by Gasteiger charge is 2.24. The third kappa shape index (κ3) is 6.52. The van der Waals surface area contributed by atoms with Crippen LogP contribution in [-0.4, -0.2) is 25.2 Å². The smallest absolute Gasteiger partial charge is 0.193 e. The van der Waals surface area contributed by atoms with Crippen molar-refractivity contribution >= 4 is 35.6 Å². The minimum absolute atomic E-state index is 0. The van der Waals surface area contributed by atoms with Gasteiger partial charge in [0.1, 0.15) is 0 Å². The zero-order chi connectivity index (χ0) is 14.9. The molecule has 1 unspecified atom stereocenters. The molecular weight excluding hydrogens is 389 g/mol. The summed E-state index contributed by atoms with van der Waals surface area (Å²) in [5.74, 6) is 1.19. The Morgan fingerprint density at radius 1 is 1.32 bits per heavy atom. The van der Waals surface area contributed by atoms with Gasteiger partial charge in [0.15, 0.2) is 5.96 Å². The van der Waals surface area contributed by atoms with Crippen LogP contribution in [0.5, 0.6) is 0 Å². The van der Waals surface area contributed by atoms with Crippen LogP contribution in [0.2, 0.25) is 0 Å². The first-order chi connectivity index (χ1) is 10.3. The van der Waals surface area contributed by atoms with E-state index in [4.69, 9.17) is 10.5 Å². The summed E-state index contributed by atoms with van der Waals surface area (Å²) in [6.07, 6.45) is 6.57. The number of nitrogens with one attached hydrogen (secondary N) is 1. The number of hydrogen-bond acceptors (Lipinski definition) is 2. The van der Waals surface area contributed by atoms with Crippen molar-refractivity contribution in [3.05, 3.63) is 30.3 Å². The summed E-state index contributed by atoms with van der Waals surface area (Å²) in [6, 6.07) is 9.88. The highest BCUT2D eigenvalue weighted by Crippen LogP contribution is 2.30. The molecule has 1 aliphatic rings. The monoisotopic (exact) mass is 417 g/mol. The van der Waals surface area contributed by atoms with Crippen LogP contribution in [0.4, 0.5) is 5.69 Å². The molecule has 0 spiro atoms. The Morgan fingerprint density at radius 3 is 2.64 bits per heavy atom. The summed E-state index contributed by atoms with van der Waals surface area (Å²) in [4.78, 5) is 4.42. The molecule has 0 bridgehead atoms. The highest BCUT2D eigenvalue weighted by atomic mass is 127. The summed E-state index contributed by atoms with van der Waals surface area (Å²) in [7, 11) is 0. The summed E-state index contributed by atoms with van der Waals surface area (Å²) in [5, 5.41) is 3.10. The summed E-state index contributed by atoms with van der Waals surface area (Å²) >= 11 is 0. The topological polar surface area (TPSA) is 59.6 Å². The van der Waals surface area contributed by atoms with Gasteiger partial charge in [-0.1, -0.05) is 31.0 Å². The van der Waals surface area contributed by atoms with Crippen LogP contribution in [0.15, 0.2) is 35.3 Å². The standard InChI is InChI=1S/C17H27N3O.HI/c1-2-21-16(14-8-6-7-9-14)12-13-19-17(18)20-15-10-4-3-5-11-15;/h3-5,10-11,14,16H,2,6-9,12-13H2,1H3,(H3,18,19,20);1H. The van der Waals surface area contributed by atoms with Crippen molar-refractivity contribution in [2.45, 2.75) is 45.1 Å². The van der Waals surface area contributed by atoms with Crippen molar-refractivity contribution in [2.24, 2.45) is 16.6 Å². The minimum atomic E-state index is 0. The number of guanidine groups is 1. The first-order valence-electron chi connectivity index (χ1n) is 8.03. The minimum Gasteiger partial charge on any atom is -0.378 e. The number of aliphatic imine (C=N–C) groups is 1. The Balaban J connectivity index is 0.00000242. The van der Waals surface area contributed by atoms with Crippen molar-refractivity contribution in [3.63, 3.8) is 0 Å². The second-order valence-electron chi connectivity index (χ2n) is 5.58. The van der Waals surface area contributed by atoms with Crippen LogP contribution in [0.3, 0.4) is 0 Å². The second-order valence-corrected chi connectivity index (χ2v) is 5.58. The first-order valence-corrected chi connectivity index (χ1v) is 8.03. The first kappa shape index (κ1) is 19.2. The van der Waals surface area contributed by atoms with Gasteiger partial charge in [0, 0.05) is 18.8 Å². The van der Waals surface area contributed by atoms with Crippen LogP contribution in [0, 0.1) is 5.92 Å². The molecule has 1 aromatic rings. The molecule has 1 aromatic carbocycles. The fourth-order valence-electron chi connectivity index (χ4n) is 3.02. The Morgan fingerprint density at radius 2 is 2.00 bits per heavy atom. The highest BCUT2D eigenvalue weighted by molar-refractivity contribution is 14.0. The molecule has 0 heterocycles. The van der Waals surface area contributed by atoms with Gasteiger partial charge in [-0.15, -0.1) is 24.0 Å². The molecule has 0 amide bonds. The number of rotatable bonds is 7. The Kier molecular flexibility index (Phi) is 9.47. The number of anilines is 1. The molecule has 2 rings (SSSR count). The maximum absolute atomic E-state index is 5.92. The van der Waals surface area contributed by atoms with Crippen LogP contribution in [0.1, 0.15) is 39.0 Å². The Labute approximate surface area is 150 Å². The molecule has 0 aromatic heterocycles. The molecule has 0 saturated heterocycles. The van der Waals surface area contributed by atoms with Crippen molar-refractivity contribution in [3.8, 4) is 0 Å². The van der Waals surface area contributed by atoms with Gasteiger partial charge >= 0.3 is 0 Å². The SMILES string of the molecule is CCOC(CCN=C(N)Nc1ccccc1)C1CCCC1.I. The molecule has 3 N–H and O–H groups in total. The average molecular weight is 417 g/mol.